The molecule has 1 fully saturated rings. The zero-order valence-electron chi connectivity index (χ0n) is 11.3. The second-order valence-corrected chi connectivity index (χ2v) is 5.45. The van der Waals surface area contributed by atoms with Crippen molar-refractivity contribution in [1.82, 2.24) is 5.32 Å². The average molecular weight is 264 g/mol. The summed E-state index contributed by atoms with van der Waals surface area (Å²) in [5.74, 6) is 0.112. The van der Waals surface area contributed by atoms with Gasteiger partial charge in [-0.3, -0.25) is 4.79 Å². The zero-order chi connectivity index (χ0) is 13.8. The Balaban J connectivity index is 1.85. The summed E-state index contributed by atoms with van der Waals surface area (Å²) < 4.78 is 13.1. The van der Waals surface area contributed by atoms with Gasteiger partial charge in [0.15, 0.2) is 0 Å². The molecule has 1 aliphatic rings. The van der Waals surface area contributed by atoms with Crippen molar-refractivity contribution in [3.05, 3.63) is 35.1 Å². The van der Waals surface area contributed by atoms with Crippen molar-refractivity contribution in [2.75, 3.05) is 6.54 Å². The van der Waals surface area contributed by atoms with Crippen LogP contribution < -0.4 is 11.1 Å². The van der Waals surface area contributed by atoms with Gasteiger partial charge in [0.2, 0.25) is 0 Å². The molecule has 0 aromatic heterocycles. The number of nitrogens with two attached hydrogens (primary N) is 1. The average Bonchev–Trinajstić information content (AvgIpc) is 2.41. The Hall–Kier alpha value is -1.42. The molecule has 19 heavy (non-hydrogen) atoms. The van der Waals surface area contributed by atoms with Gasteiger partial charge in [-0.25, -0.2) is 4.39 Å². The molecule has 0 saturated heterocycles. The molecule has 104 valence electrons. The van der Waals surface area contributed by atoms with E-state index in [-0.39, 0.29) is 11.7 Å². The van der Waals surface area contributed by atoms with E-state index in [0.717, 1.165) is 25.7 Å². The first-order valence-electron chi connectivity index (χ1n) is 6.86. The normalized spacial score (nSPS) is 23.1. The lowest BCUT2D eigenvalue weighted by atomic mass is 9.86. The van der Waals surface area contributed by atoms with Gasteiger partial charge in [0.05, 0.1) is 0 Å². The van der Waals surface area contributed by atoms with Crippen LogP contribution in [0.4, 0.5) is 4.39 Å². The number of halogens is 1. The Morgan fingerprint density at radius 3 is 2.68 bits per heavy atom. The van der Waals surface area contributed by atoms with E-state index in [1.54, 1.807) is 13.0 Å². The third kappa shape index (κ3) is 3.77. The summed E-state index contributed by atoms with van der Waals surface area (Å²) >= 11 is 0. The van der Waals surface area contributed by atoms with Crippen LogP contribution in [-0.4, -0.2) is 18.5 Å². The number of hydrogen-bond acceptors (Lipinski definition) is 2. The van der Waals surface area contributed by atoms with Gasteiger partial charge in [-0.05, 0) is 62.3 Å². The molecule has 1 aromatic carbocycles. The summed E-state index contributed by atoms with van der Waals surface area (Å²) in [7, 11) is 0. The minimum Gasteiger partial charge on any atom is -0.352 e. The smallest absolute Gasteiger partial charge is 0.251 e. The predicted octanol–water partition coefficient (Wildman–Crippen LogP) is 2.38. The summed E-state index contributed by atoms with van der Waals surface area (Å²) in [4.78, 5) is 12.0. The van der Waals surface area contributed by atoms with Crippen LogP contribution in [0.3, 0.4) is 0 Å². The van der Waals surface area contributed by atoms with Crippen molar-refractivity contribution in [3.63, 3.8) is 0 Å². The Morgan fingerprint density at radius 1 is 1.37 bits per heavy atom. The highest BCUT2D eigenvalue weighted by molar-refractivity contribution is 5.94. The van der Waals surface area contributed by atoms with Gasteiger partial charge in [-0.1, -0.05) is 0 Å². The first-order valence-corrected chi connectivity index (χ1v) is 6.86. The number of benzene rings is 1. The Morgan fingerprint density at radius 2 is 2.05 bits per heavy atom. The first-order chi connectivity index (χ1) is 9.06. The highest BCUT2D eigenvalue weighted by Gasteiger charge is 2.19. The lowest BCUT2D eigenvalue weighted by Gasteiger charge is -2.26. The van der Waals surface area contributed by atoms with Gasteiger partial charge in [0, 0.05) is 18.2 Å². The lowest BCUT2D eigenvalue weighted by molar-refractivity contribution is 0.0943. The fourth-order valence-corrected chi connectivity index (χ4v) is 2.52. The van der Waals surface area contributed by atoms with Crippen LogP contribution in [0, 0.1) is 18.7 Å². The molecule has 0 spiro atoms. The minimum absolute atomic E-state index is 0.127. The van der Waals surface area contributed by atoms with E-state index in [9.17, 15) is 9.18 Å². The van der Waals surface area contributed by atoms with Crippen LogP contribution in [0.15, 0.2) is 18.2 Å². The molecule has 0 bridgehead atoms. The molecule has 1 aromatic rings. The maximum Gasteiger partial charge on any atom is 0.251 e. The molecule has 3 nitrogen and oxygen atoms in total. The molecule has 1 aliphatic carbocycles. The van der Waals surface area contributed by atoms with Crippen LogP contribution >= 0.6 is 0 Å². The van der Waals surface area contributed by atoms with Crippen molar-refractivity contribution in [2.24, 2.45) is 11.7 Å². The second-order valence-electron chi connectivity index (χ2n) is 5.45. The fraction of sp³-hybridized carbons (Fsp3) is 0.533. The highest BCUT2D eigenvalue weighted by Crippen LogP contribution is 2.22. The van der Waals surface area contributed by atoms with E-state index in [4.69, 9.17) is 5.73 Å². The molecule has 0 atom stereocenters. The topological polar surface area (TPSA) is 55.1 Å². The van der Waals surface area contributed by atoms with Crippen molar-refractivity contribution >= 4 is 5.91 Å². The van der Waals surface area contributed by atoms with Crippen molar-refractivity contribution < 1.29 is 9.18 Å². The van der Waals surface area contributed by atoms with Crippen LogP contribution in [0.25, 0.3) is 0 Å². The maximum atomic E-state index is 13.1. The van der Waals surface area contributed by atoms with Crippen molar-refractivity contribution in [3.8, 4) is 0 Å². The molecule has 0 unspecified atom stereocenters. The molecule has 1 amide bonds. The largest absolute Gasteiger partial charge is 0.352 e. The van der Waals surface area contributed by atoms with Crippen molar-refractivity contribution in [1.29, 1.82) is 0 Å². The van der Waals surface area contributed by atoms with Gasteiger partial charge in [-0.15, -0.1) is 0 Å². The van der Waals surface area contributed by atoms with Gasteiger partial charge in [0.1, 0.15) is 5.82 Å². The zero-order valence-corrected chi connectivity index (χ0v) is 11.3. The van der Waals surface area contributed by atoms with Crippen LogP contribution in [0.5, 0.6) is 0 Å². The number of nitrogens with one attached hydrogen (secondary N) is 1. The quantitative estimate of drug-likeness (QED) is 0.880. The van der Waals surface area contributed by atoms with Crippen LogP contribution in [0.1, 0.15) is 41.6 Å². The minimum atomic E-state index is -0.280. The second kappa shape index (κ2) is 6.15. The Labute approximate surface area is 113 Å². The number of amides is 1. The van der Waals surface area contributed by atoms with Crippen LogP contribution in [-0.2, 0) is 0 Å². The molecular weight excluding hydrogens is 243 g/mol. The molecule has 0 radical (unpaired) electrons. The third-order valence-corrected chi connectivity index (χ3v) is 3.86. The number of aryl methyl sites for hydroxylation is 1. The highest BCUT2D eigenvalue weighted by atomic mass is 19.1. The van der Waals surface area contributed by atoms with Gasteiger partial charge < -0.3 is 11.1 Å². The van der Waals surface area contributed by atoms with Gasteiger partial charge in [-0.2, -0.15) is 0 Å². The molecular formula is C15H21FN2O. The van der Waals surface area contributed by atoms with E-state index >= 15 is 0 Å². The molecule has 0 aliphatic heterocycles. The summed E-state index contributed by atoms with van der Waals surface area (Å²) in [5.41, 5.74) is 6.87. The summed E-state index contributed by atoms with van der Waals surface area (Å²) in [6.07, 6.45) is 4.22. The molecule has 3 N–H and O–H groups in total. The first kappa shape index (κ1) is 14.0. The lowest BCUT2D eigenvalue weighted by Crippen LogP contribution is -2.34. The van der Waals surface area contributed by atoms with E-state index in [2.05, 4.69) is 5.32 Å². The van der Waals surface area contributed by atoms with E-state index in [1.165, 1.54) is 12.1 Å². The summed E-state index contributed by atoms with van der Waals surface area (Å²) in [5, 5.41) is 2.93. The molecule has 1 saturated carbocycles. The SMILES string of the molecule is Cc1cc(C(=O)NCC2CCC(N)CC2)ccc1F. The Kier molecular flexibility index (Phi) is 4.53. The van der Waals surface area contributed by atoms with Crippen molar-refractivity contribution in [2.45, 2.75) is 38.6 Å². The fourth-order valence-electron chi connectivity index (χ4n) is 2.52. The van der Waals surface area contributed by atoms with E-state index < -0.39 is 0 Å². The summed E-state index contributed by atoms with van der Waals surface area (Å²) in [6, 6.07) is 4.77. The predicted molar refractivity (Wildman–Crippen MR) is 73.4 cm³/mol. The molecule has 4 heteroatoms. The van der Waals surface area contributed by atoms with Crippen LogP contribution in [0.2, 0.25) is 0 Å². The molecule has 2 rings (SSSR count). The van der Waals surface area contributed by atoms with Gasteiger partial charge in [0.25, 0.3) is 5.91 Å². The van der Waals surface area contributed by atoms with E-state index in [1.807, 2.05) is 0 Å². The standard InChI is InChI=1S/C15H21FN2O/c1-10-8-12(4-7-14(10)16)15(19)18-9-11-2-5-13(17)6-3-11/h4,7-8,11,13H,2-3,5-6,9,17H2,1H3,(H,18,19). The Bertz CT molecular complexity index is 453. The monoisotopic (exact) mass is 264 g/mol. The number of carbonyl (C=O) groups excluding carboxylic acids is 1. The van der Waals surface area contributed by atoms with E-state index in [0.29, 0.717) is 29.6 Å². The third-order valence-electron chi connectivity index (χ3n) is 3.86. The number of rotatable bonds is 3. The van der Waals surface area contributed by atoms with Gasteiger partial charge >= 0.3 is 0 Å². The number of carbonyl (C=O) groups is 1. The summed E-state index contributed by atoms with van der Waals surface area (Å²) in [6.45, 7) is 2.34. The maximum absolute atomic E-state index is 13.1. The number of hydrogen-bond donors (Lipinski definition) is 2. The molecule has 0 heterocycles.